The summed E-state index contributed by atoms with van der Waals surface area (Å²) in [6.07, 6.45) is 0. The van der Waals surface area contributed by atoms with Crippen LogP contribution < -0.4 is 4.90 Å². The lowest BCUT2D eigenvalue weighted by molar-refractivity contribution is -0.383. The van der Waals surface area contributed by atoms with Gasteiger partial charge in [-0.3, -0.25) is 14.9 Å². The molecule has 9 nitrogen and oxygen atoms in total. The normalized spacial score (nSPS) is 11.1. The standard InChI is InChI=1S/C12H14IN5O4/c1-16(2)5-6-17(10(19)7-13)8-3-4-9(18(20)21)12-11(8)14-22-15-12/h3-4H,5-7H2,1-2H3. The Morgan fingerprint density at radius 1 is 1.32 bits per heavy atom. The van der Waals surface area contributed by atoms with E-state index in [9.17, 15) is 14.9 Å². The highest BCUT2D eigenvalue weighted by Crippen LogP contribution is 2.31. The number of amides is 1. The van der Waals surface area contributed by atoms with Crippen LogP contribution in [-0.2, 0) is 4.79 Å². The second kappa shape index (κ2) is 6.96. The summed E-state index contributed by atoms with van der Waals surface area (Å²) in [7, 11) is 3.80. The zero-order chi connectivity index (χ0) is 16.3. The van der Waals surface area contributed by atoms with Gasteiger partial charge in [-0.25, -0.2) is 4.63 Å². The van der Waals surface area contributed by atoms with E-state index in [1.807, 2.05) is 41.6 Å². The molecule has 2 rings (SSSR count). The first-order valence-electron chi connectivity index (χ1n) is 6.36. The van der Waals surface area contributed by atoms with Crippen LogP contribution >= 0.6 is 22.6 Å². The lowest BCUT2D eigenvalue weighted by Crippen LogP contribution is -2.37. The lowest BCUT2D eigenvalue weighted by Gasteiger charge is -2.23. The van der Waals surface area contributed by atoms with Gasteiger partial charge in [0.25, 0.3) is 0 Å². The molecular formula is C12H14IN5O4. The number of non-ortho nitro benzene ring substituents is 1. The Morgan fingerprint density at radius 3 is 2.59 bits per heavy atom. The molecule has 0 aliphatic carbocycles. The molecule has 0 unspecified atom stereocenters. The Morgan fingerprint density at radius 2 is 2.00 bits per heavy atom. The minimum absolute atomic E-state index is 0.0404. The number of nitro groups is 1. The third-order valence-electron chi connectivity index (χ3n) is 3.05. The van der Waals surface area contributed by atoms with E-state index in [2.05, 4.69) is 14.9 Å². The molecule has 0 aliphatic rings. The maximum absolute atomic E-state index is 12.2. The van der Waals surface area contributed by atoms with Crippen LogP contribution in [0, 0.1) is 10.1 Å². The number of fused-ring (bicyclic) bond motifs is 1. The number of aromatic nitrogens is 2. The molecule has 0 radical (unpaired) electrons. The number of hydrogen-bond acceptors (Lipinski definition) is 7. The fraction of sp³-hybridized carbons (Fsp3) is 0.417. The average Bonchev–Trinajstić information content (AvgIpc) is 2.95. The van der Waals surface area contributed by atoms with Gasteiger partial charge in [-0.1, -0.05) is 22.6 Å². The number of hydrogen-bond donors (Lipinski definition) is 0. The minimum atomic E-state index is -0.555. The number of rotatable bonds is 6. The van der Waals surface area contributed by atoms with Crippen molar-refractivity contribution in [2.75, 3.05) is 36.5 Å². The van der Waals surface area contributed by atoms with E-state index >= 15 is 0 Å². The first-order valence-corrected chi connectivity index (χ1v) is 7.89. The van der Waals surface area contributed by atoms with Crippen LogP contribution in [0.25, 0.3) is 11.0 Å². The first-order chi connectivity index (χ1) is 10.5. The summed E-state index contributed by atoms with van der Waals surface area (Å²) in [4.78, 5) is 26.1. The van der Waals surface area contributed by atoms with Crippen LogP contribution in [0.15, 0.2) is 16.8 Å². The van der Waals surface area contributed by atoms with Crippen LogP contribution in [0.2, 0.25) is 0 Å². The first kappa shape index (κ1) is 16.5. The van der Waals surface area contributed by atoms with Crippen molar-refractivity contribution in [2.45, 2.75) is 0 Å². The molecule has 22 heavy (non-hydrogen) atoms. The molecule has 0 fully saturated rings. The molecule has 0 N–H and O–H groups in total. The summed E-state index contributed by atoms with van der Waals surface area (Å²) in [5.41, 5.74) is 0.518. The number of nitrogens with zero attached hydrogens (tertiary/aromatic N) is 5. The molecule has 10 heteroatoms. The molecule has 1 aromatic carbocycles. The van der Waals surface area contributed by atoms with Crippen molar-refractivity contribution in [2.24, 2.45) is 0 Å². The Kier molecular flexibility index (Phi) is 5.24. The highest BCUT2D eigenvalue weighted by atomic mass is 127. The van der Waals surface area contributed by atoms with Crippen LogP contribution in [0.1, 0.15) is 0 Å². The molecule has 0 bridgehead atoms. The molecule has 0 aliphatic heterocycles. The minimum Gasteiger partial charge on any atom is -0.308 e. The van der Waals surface area contributed by atoms with E-state index in [-0.39, 0.29) is 27.1 Å². The third kappa shape index (κ3) is 3.32. The van der Waals surface area contributed by atoms with Crippen LogP contribution in [-0.4, -0.2) is 57.7 Å². The number of likely N-dealkylation sites (N-methyl/N-ethyl adjacent to an activating group) is 1. The Hall–Kier alpha value is -1.82. The molecule has 1 aromatic heterocycles. The van der Waals surface area contributed by atoms with Gasteiger partial charge < -0.3 is 9.80 Å². The Bertz CT molecular complexity index is 702. The van der Waals surface area contributed by atoms with Gasteiger partial charge in [-0.15, -0.1) is 0 Å². The summed E-state index contributed by atoms with van der Waals surface area (Å²) in [5, 5.41) is 18.3. The van der Waals surface area contributed by atoms with Gasteiger partial charge in [0, 0.05) is 19.2 Å². The quantitative estimate of drug-likeness (QED) is 0.302. The lowest BCUT2D eigenvalue weighted by atomic mass is 10.2. The predicted molar refractivity (Wildman–Crippen MR) is 88.3 cm³/mol. The number of carbonyl (C=O) groups excluding carboxylic acids is 1. The maximum atomic E-state index is 12.2. The number of carbonyl (C=O) groups is 1. The second-order valence-corrected chi connectivity index (χ2v) is 5.57. The molecule has 0 atom stereocenters. The zero-order valence-corrected chi connectivity index (χ0v) is 14.2. The largest absolute Gasteiger partial charge is 0.308 e. The Labute approximate surface area is 139 Å². The van der Waals surface area contributed by atoms with Crippen LogP contribution in [0.3, 0.4) is 0 Å². The van der Waals surface area contributed by atoms with Crippen LogP contribution in [0.5, 0.6) is 0 Å². The number of alkyl halides is 1. The van der Waals surface area contributed by atoms with Gasteiger partial charge in [0.2, 0.25) is 11.4 Å². The molecular weight excluding hydrogens is 405 g/mol. The Balaban J connectivity index is 2.50. The fourth-order valence-corrected chi connectivity index (χ4v) is 2.37. The zero-order valence-electron chi connectivity index (χ0n) is 12.0. The number of anilines is 1. The van der Waals surface area contributed by atoms with E-state index in [0.29, 0.717) is 18.8 Å². The van der Waals surface area contributed by atoms with Gasteiger partial charge in [-0.05, 0) is 30.5 Å². The van der Waals surface area contributed by atoms with Gasteiger partial charge in [0.05, 0.1) is 15.0 Å². The topological polar surface area (TPSA) is 106 Å². The smallest absolute Gasteiger partial charge is 0.300 e. The maximum Gasteiger partial charge on any atom is 0.300 e. The van der Waals surface area contributed by atoms with Gasteiger partial charge in [0.1, 0.15) is 0 Å². The molecule has 118 valence electrons. The summed E-state index contributed by atoms with van der Waals surface area (Å²) >= 11 is 1.98. The van der Waals surface area contributed by atoms with Crippen molar-refractivity contribution in [1.29, 1.82) is 0 Å². The number of halogens is 1. The molecule has 1 amide bonds. The molecule has 0 spiro atoms. The van der Waals surface area contributed by atoms with Gasteiger partial charge >= 0.3 is 5.69 Å². The highest BCUT2D eigenvalue weighted by molar-refractivity contribution is 14.1. The van der Waals surface area contributed by atoms with Crippen LogP contribution in [0.4, 0.5) is 11.4 Å². The molecule has 1 heterocycles. The summed E-state index contributed by atoms with van der Waals surface area (Å²) in [6.45, 7) is 1.08. The van der Waals surface area contributed by atoms with Crippen molar-refractivity contribution in [3.63, 3.8) is 0 Å². The van der Waals surface area contributed by atoms with Gasteiger partial charge in [0.15, 0.2) is 5.52 Å². The van der Waals surface area contributed by atoms with Gasteiger partial charge in [-0.2, -0.15) is 0 Å². The van der Waals surface area contributed by atoms with E-state index in [1.54, 1.807) is 4.90 Å². The van der Waals surface area contributed by atoms with Crippen molar-refractivity contribution >= 4 is 50.9 Å². The van der Waals surface area contributed by atoms with E-state index < -0.39 is 4.92 Å². The SMILES string of the molecule is CN(C)CCN(C(=O)CI)c1ccc([N+](=O)[O-])c2nonc12. The van der Waals surface area contributed by atoms with E-state index in [1.165, 1.54) is 12.1 Å². The van der Waals surface area contributed by atoms with E-state index in [0.717, 1.165) is 0 Å². The van der Waals surface area contributed by atoms with Crippen molar-refractivity contribution in [3.05, 3.63) is 22.2 Å². The third-order valence-corrected chi connectivity index (χ3v) is 3.70. The summed E-state index contributed by atoms with van der Waals surface area (Å²) < 4.78 is 4.92. The molecule has 0 saturated heterocycles. The fourth-order valence-electron chi connectivity index (χ4n) is 1.96. The number of benzene rings is 1. The van der Waals surface area contributed by atoms with Crippen molar-refractivity contribution in [1.82, 2.24) is 15.2 Å². The molecule has 0 saturated carbocycles. The second-order valence-electron chi connectivity index (χ2n) is 4.80. The van der Waals surface area contributed by atoms with Crippen molar-refractivity contribution in [3.8, 4) is 0 Å². The summed E-state index contributed by atoms with van der Waals surface area (Å²) in [6, 6.07) is 2.82. The average molecular weight is 419 g/mol. The monoisotopic (exact) mass is 419 g/mol. The highest BCUT2D eigenvalue weighted by Gasteiger charge is 2.25. The number of nitro benzene ring substituents is 1. The van der Waals surface area contributed by atoms with Crippen molar-refractivity contribution < 1.29 is 14.3 Å². The molecule has 2 aromatic rings. The predicted octanol–water partition coefficient (Wildman–Crippen LogP) is 1.46. The summed E-state index contributed by atoms with van der Waals surface area (Å²) in [5.74, 6) is -0.111. The van der Waals surface area contributed by atoms with E-state index in [4.69, 9.17) is 0 Å².